The Labute approximate surface area is 120 Å². The third-order valence-corrected chi connectivity index (χ3v) is 4.42. The zero-order chi connectivity index (χ0) is 13.9. The van der Waals surface area contributed by atoms with Crippen molar-refractivity contribution in [2.45, 2.75) is 11.4 Å². The first kappa shape index (κ1) is 14.0. The summed E-state index contributed by atoms with van der Waals surface area (Å²) in [5.41, 5.74) is 7.07. The molecular formula is C13H13BrN2O2S. The minimum atomic E-state index is -3.51. The van der Waals surface area contributed by atoms with Crippen LogP contribution in [-0.4, -0.2) is 8.42 Å². The van der Waals surface area contributed by atoms with Crippen molar-refractivity contribution in [2.75, 3.05) is 5.73 Å². The Bertz CT molecular complexity index is 687. The lowest BCUT2D eigenvalue weighted by Crippen LogP contribution is -2.23. The van der Waals surface area contributed by atoms with Gasteiger partial charge in [0, 0.05) is 16.7 Å². The van der Waals surface area contributed by atoms with E-state index >= 15 is 0 Å². The average molecular weight is 341 g/mol. The summed E-state index contributed by atoms with van der Waals surface area (Å²) in [6.45, 7) is 0.208. The first-order chi connectivity index (χ1) is 8.97. The lowest BCUT2D eigenvalue weighted by Gasteiger charge is -2.07. The molecule has 0 aliphatic heterocycles. The summed E-state index contributed by atoms with van der Waals surface area (Å²) in [6.07, 6.45) is 0. The van der Waals surface area contributed by atoms with Crippen LogP contribution in [-0.2, 0) is 16.6 Å². The first-order valence-electron chi connectivity index (χ1n) is 5.57. The minimum Gasteiger partial charge on any atom is -0.399 e. The summed E-state index contributed by atoms with van der Waals surface area (Å²) in [4.78, 5) is 0.228. The van der Waals surface area contributed by atoms with E-state index in [9.17, 15) is 8.42 Å². The van der Waals surface area contributed by atoms with Gasteiger partial charge in [0.05, 0.1) is 4.90 Å². The van der Waals surface area contributed by atoms with Gasteiger partial charge < -0.3 is 5.73 Å². The zero-order valence-corrected chi connectivity index (χ0v) is 12.4. The van der Waals surface area contributed by atoms with Gasteiger partial charge >= 0.3 is 0 Å². The monoisotopic (exact) mass is 340 g/mol. The number of hydrogen-bond donors (Lipinski definition) is 2. The fraction of sp³-hybridized carbons (Fsp3) is 0.0769. The summed E-state index contributed by atoms with van der Waals surface area (Å²) < 4.78 is 27.4. The lowest BCUT2D eigenvalue weighted by atomic mass is 10.2. The van der Waals surface area contributed by atoms with Gasteiger partial charge in [0.15, 0.2) is 0 Å². The average Bonchev–Trinajstić information content (AvgIpc) is 2.37. The van der Waals surface area contributed by atoms with Crippen LogP contribution < -0.4 is 10.5 Å². The molecular weight excluding hydrogens is 328 g/mol. The Balaban J connectivity index is 2.14. The molecule has 0 saturated carbocycles. The summed E-state index contributed by atoms with van der Waals surface area (Å²) in [6, 6.07) is 13.7. The van der Waals surface area contributed by atoms with Crippen LogP contribution in [0.1, 0.15) is 5.56 Å². The molecule has 6 heteroatoms. The number of hydrogen-bond acceptors (Lipinski definition) is 3. The van der Waals surface area contributed by atoms with Crippen molar-refractivity contribution < 1.29 is 8.42 Å². The number of nitrogens with one attached hydrogen (secondary N) is 1. The van der Waals surface area contributed by atoms with Crippen LogP contribution in [0.5, 0.6) is 0 Å². The van der Waals surface area contributed by atoms with E-state index in [0.29, 0.717) is 5.69 Å². The predicted octanol–water partition coefficient (Wildman–Crippen LogP) is 2.51. The summed E-state index contributed by atoms with van der Waals surface area (Å²) in [5.74, 6) is 0. The Morgan fingerprint density at radius 1 is 1.11 bits per heavy atom. The van der Waals surface area contributed by atoms with Crippen molar-refractivity contribution in [3.8, 4) is 0 Å². The van der Waals surface area contributed by atoms with Gasteiger partial charge in [-0.05, 0) is 35.9 Å². The molecule has 0 unspecified atom stereocenters. The molecule has 0 bridgehead atoms. The van der Waals surface area contributed by atoms with Crippen molar-refractivity contribution in [1.82, 2.24) is 4.72 Å². The lowest BCUT2D eigenvalue weighted by molar-refractivity contribution is 0.581. The fourth-order valence-corrected chi connectivity index (χ4v) is 3.21. The quantitative estimate of drug-likeness (QED) is 0.840. The molecule has 0 aliphatic rings. The molecule has 0 fully saturated rings. The molecule has 0 radical (unpaired) electrons. The predicted molar refractivity (Wildman–Crippen MR) is 79.0 cm³/mol. The molecule has 0 spiro atoms. The highest BCUT2D eigenvalue weighted by Crippen LogP contribution is 2.16. The van der Waals surface area contributed by atoms with E-state index in [1.54, 1.807) is 42.5 Å². The maximum Gasteiger partial charge on any atom is 0.240 e. The highest BCUT2D eigenvalue weighted by atomic mass is 79.9. The topological polar surface area (TPSA) is 72.2 Å². The minimum absolute atomic E-state index is 0.208. The Hall–Kier alpha value is -1.37. The van der Waals surface area contributed by atoms with Gasteiger partial charge in [0.2, 0.25) is 10.0 Å². The maximum atomic E-state index is 12.1. The number of nitrogen functional groups attached to an aromatic ring is 1. The molecule has 2 rings (SSSR count). The number of anilines is 1. The Morgan fingerprint density at radius 2 is 1.84 bits per heavy atom. The number of rotatable bonds is 4. The zero-order valence-electron chi connectivity index (χ0n) is 10.0. The highest BCUT2D eigenvalue weighted by molar-refractivity contribution is 9.10. The molecule has 0 aliphatic carbocycles. The molecule has 4 nitrogen and oxygen atoms in total. The van der Waals surface area contributed by atoms with Crippen molar-refractivity contribution in [1.29, 1.82) is 0 Å². The molecule has 2 aromatic carbocycles. The van der Waals surface area contributed by atoms with E-state index in [0.717, 1.165) is 10.0 Å². The molecule has 0 atom stereocenters. The largest absolute Gasteiger partial charge is 0.399 e. The second-order valence-electron chi connectivity index (χ2n) is 4.03. The van der Waals surface area contributed by atoms with Crippen molar-refractivity contribution >= 4 is 31.6 Å². The SMILES string of the molecule is Nc1cccc(CNS(=O)(=O)c2cccc(Br)c2)c1. The molecule has 0 heterocycles. The van der Waals surface area contributed by atoms with Gasteiger partial charge in [-0.3, -0.25) is 0 Å². The van der Waals surface area contributed by atoms with E-state index < -0.39 is 10.0 Å². The van der Waals surface area contributed by atoms with Gasteiger partial charge in [0.1, 0.15) is 0 Å². The van der Waals surface area contributed by atoms with Crippen LogP contribution in [0, 0.1) is 0 Å². The van der Waals surface area contributed by atoms with E-state index in [2.05, 4.69) is 20.7 Å². The van der Waals surface area contributed by atoms with Crippen molar-refractivity contribution in [3.63, 3.8) is 0 Å². The van der Waals surface area contributed by atoms with Gasteiger partial charge in [-0.15, -0.1) is 0 Å². The fourth-order valence-electron chi connectivity index (χ4n) is 1.60. The van der Waals surface area contributed by atoms with Crippen LogP contribution >= 0.6 is 15.9 Å². The van der Waals surface area contributed by atoms with Gasteiger partial charge in [-0.1, -0.05) is 34.1 Å². The number of sulfonamides is 1. The van der Waals surface area contributed by atoms with Gasteiger partial charge in [-0.2, -0.15) is 0 Å². The highest BCUT2D eigenvalue weighted by Gasteiger charge is 2.13. The molecule has 0 saturated heterocycles. The van der Waals surface area contributed by atoms with Crippen LogP contribution in [0.25, 0.3) is 0 Å². The molecule has 19 heavy (non-hydrogen) atoms. The first-order valence-corrected chi connectivity index (χ1v) is 7.85. The van der Waals surface area contributed by atoms with Crippen LogP contribution in [0.2, 0.25) is 0 Å². The Morgan fingerprint density at radius 3 is 2.53 bits per heavy atom. The molecule has 0 aromatic heterocycles. The summed E-state index contributed by atoms with van der Waals surface area (Å²) in [7, 11) is -3.51. The van der Waals surface area contributed by atoms with Crippen molar-refractivity contribution in [2.24, 2.45) is 0 Å². The smallest absolute Gasteiger partial charge is 0.240 e. The van der Waals surface area contributed by atoms with Crippen LogP contribution in [0.3, 0.4) is 0 Å². The van der Waals surface area contributed by atoms with Gasteiger partial charge in [0.25, 0.3) is 0 Å². The normalized spacial score (nSPS) is 11.4. The second-order valence-corrected chi connectivity index (χ2v) is 6.71. The van der Waals surface area contributed by atoms with Crippen molar-refractivity contribution in [3.05, 3.63) is 58.6 Å². The van der Waals surface area contributed by atoms with E-state index in [4.69, 9.17) is 5.73 Å². The summed E-state index contributed by atoms with van der Waals surface area (Å²) in [5, 5.41) is 0. The Kier molecular flexibility index (Phi) is 4.24. The molecule has 100 valence electrons. The van der Waals surface area contributed by atoms with Crippen LogP contribution in [0.4, 0.5) is 5.69 Å². The second kappa shape index (κ2) is 5.73. The molecule has 3 N–H and O–H groups in total. The standard InChI is InChI=1S/C13H13BrN2O2S/c14-11-4-2-6-13(8-11)19(17,18)16-9-10-3-1-5-12(15)7-10/h1-8,16H,9,15H2. The van der Waals surface area contributed by atoms with E-state index in [1.165, 1.54) is 0 Å². The number of nitrogens with two attached hydrogens (primary N) is 1. The van der Waals surface area contributed by atoms with Crippen LogP contribution in [0.15, 0.2) is 57.9 Å². The third kappa shape index (κ3) is 3.79. The molecule has 0 amide bonds. The molecule has 2 aromatic rings. The van der Waals surface area contributed by atoms with E-state index in [1.807, 2.05) is 6.07 Å². The number of halogens is 1. The maximum absolute atomic E-state index is 12.1. The van der Waals surface area contributed by atoms with Gasteiger partial charge in [-0.25, -0.2) is 13.1 Å². The third-order valence-electron chi connectivity index (χ3n) is 2.52. The number of benzene rings is 2. The van der Waals surface area contributed by atoms with E-state index in [-0.39, 0.29) is 11.4 Å². The summed E-state index contributed by atoms with van der Waals surface area (Å²) >= 11 is 3.25.